The van der Waals surface area contributed by atoms with E-state index in [2.05, 4.69) is 0 Å². The third-order valence-corrected chi connectivity index (χ3v) is 15.0. The molecule has 16 atom stereocenters. The summed E-state index contributed by atoms with van der Waals surface area (Å²) in [7, 11) is 4.66. The van der Waals surface area contributed by atoms with Crippen LogP contribution in [-0.4, -0.2) is 126 Å². The number of ether oxygens (including phenoxy) is 5. The number of Topliss-reactive ketones (excluding diaryl/α,β-unsaturated/α-hetero) is 2. The van der Waals surface area contributed by atoms with E-state index in [9.17, 15) is 34.5 Å². The van der Waals surface area contributed by atoms with Gasteiger partial charge in [0.25, 0.3) is 11.7 Å². The van der Waals surface area contributed by atoms with Gasteiger partial charge in [0.1, 0.15) is 24.4 Å². The number of hydrogen-bond acceptors (Lipinski definition) is 12. The van der Waals surface area contributed by atoms with Gasteiger partial charge in [-0.25, -0.2) is 4.79 Å². The number of methoxy groups -OCH3 is 3. The molecule has 0 aromatic rings. The summed E-state index contributed by atoms with van der Waals surface area (Å²) in [5.41, 5.74) is 1.52. The summed E-state index contributed by atoms with van der Waals surface area (Å²) in [5, 5.41) is 34.0. The van der Waals surface area contributed by atoms with Crippen molar-refractivity contribution in [2.24, 2.45) is 41.4 Å². The molecule has 13 heteroatoms. The quantitative estimate of drug-likeness (QED) is 0.162. The van der Waals surface area contributed by atoms with Gasteiger partial charge >= 0.3 is 5.97 Å². The van der Waals surface area contributed by atoms with Crippen LogP contribution in [0.4, 0.5) is 0 Å². The Kier molecular flexibility index (Phi) is 18.5. The van der Waals surface area contributed by atoms with E-state index in [1.54, 1.807) is 28.1 Å². The number of carbonyl (C=O) groups excluding carboxylic acids is 4. The molecule has 3 saturated heterocycles. The third-order valence-electron chi connectivity index (χ3n) is 15.0. The van der Waals surface area contributed by atoms with E-state index in [0.29, 0.717) is 69.8 Å². The molecule has 5 bridgehead atoms. The number of nitrogens with zero attached hydrogens (tertiary/aromatic N) is 1. The Balaban J connectivity index is 1.46. The van der Waals surface area contributed by atoms with Crippen LogP contribution in [0.25, 0.3) is 0 Å². The molecular formula is C50H77NO12. The molecule has 63 heavy (non-hydrogen) atoms. The lowest BCUT2D eigenvalue weighted by Gasteiger charge is -2.43. The molecule has 5 aliphatic rings. The molecule has 4 heterocycles. The van der Waals surface area contributed by atoms with Gasteiger partial charge in [0.2, 0.25) is 5.79 Å². The van der Waals surface area contributed by atoms with Crippen LogP contribution in [0.2, 0.25) is 0 Å². The molecule has 4 fully saturated rings. The highest BCUT2D eigenvalue weighted by Gasteiger charge is 2.55. The minimum absolute atomic E-state index is 0.0105. The number of carbonyl (C=O) groups is 4. The summed E-state index contributed by atoms with van der Waals surface area (Å²) in [4.78, 5) is 57.7. The molecule has 13 nitrogen and oxygen atoms in total. The standard InChI is InChI=1S/C50H77NO12/c1-29-13-11-10-12-14-31(3)42(59-7)28-37-18-16-34(6)50(58,63-37)47(55)48(56)51-22-21-36-27-39(51)49(57)62-41(38(36)25-35-17-19-40(52)43(26-35)60-8)20-15-30(2)24-33(5)45(54)46(61-9)44(53)32(4)23-29/h10-14,24,29-30,32,34-43,45-46,52,54,58H,15-23,25-28H2,1-9H3/b12-10+,13-11+,31-14+,33-24+/t29-,30+,32-,34-,35+,36?,37+,38+,39+,40-,41+,42+,43-,45-,46+,50-/m1/s1. The summed E-state index contributed by atoms with van der Waals surface area (Å²) < 4.78 is 29.7. The van der Waals surface area contributed by atoms with Gasteiger partial charge in [0, 0.05) is 46.1 Å². The average Bonchev–Trinajstić information content (AvgIpc) is 3.35. The predicted molar refractivity (Wildman–Crippen MR) is 238 cm³/mol. The number of allylic oxidation sites excluding steroid dienone is 6. The van der Waals surface area contributed by atoms with Crippen molar-refractivity contribution < 1.29 is 58.2 Å². The lowest BCUT2D eigenvalue weighted by molar-refractivity contribution is -0.265. The number of piperidine rings is 1. The van der Waals surface area contributed by atoms with Crippen LogP contribution in [0.1, 0.15) is 119 Å². The number of hydrogen-bond donors (Lipinski definition) is 3. The Morgan fingerprint density at radius 1 is 0.794 bits per heavy atom. The minimum atomic E-state index is -2.38. The smallest absolute Gasteiger partial charge is 0.329 e. The highest BCUT2D eigenvalue weighted by atomic mass is 16.6. The lowest BCUT2D eigenvalue weighted by atomic mass is 9.71. The maximum Gasteiger partial charge on any atom is 0.329 e. The second-order valence-corrected chi connectivity index (χ2v) is 19.7. The summed E-state index contributed by atoms with van der Waals surface area (Å²) in [5.74, 6) is -5.95. The molecule has 5 rings (SSSR count). The van der Waals surface area contributed by atoms with Crippen LogP contribution >= 0.6 is 0 Å². The van der Waals surface area contributed by atoms with Crippen molar-refractivity contribution in [3.05, 3.63) is 47.6 Å². The Morgan fingerprint density at radius 2 is 1.54 bits per heavy atom. The van der Waals surface area contributed by atoms with Gasteiger partial charge in [-0.15, -0.1) is 0 Å². The first-order chi connectivity index (χ1) is 29.9. The summed E-state index contributed by atoms with van der Waals surface area (Å²) in [6, 6.07) is -1.00. The minimum Gasteiger partial charge on any atom is -0.461 e. The maximum atomic E-state index is 14.3. The normalized spacial score (nSPS) is 43.6. The molecule has 0 aromatic heterocycles. The van der Waals surface area contributed by atoms with E-state index >= 15 is 0 Å². The summed E-state index contributed by atoms with van der Waals surface area (Å²) >= 11 is 0. The fourth-order valence-electron chi connectivity index (χ4n) is 11.0. The van der Waals surface area contributed by atoms with Gasteiger partial charge in [0.15, 0.2) is 5.78 Å². The number of aliphatic hydroxyl groups is 3. The first-order valence-corrected chi connectivity index (χ1v) is 23.6. The van der Waals surface area contributed by atoms with Gasteiger partial charge in [-0.2, -0.15) is 0 Å². The third kappa shape index (κ3) is 12.4. The second kappa shape index (κ2) is 22.9. The van der Waals surface area contributed by atoms with Crippen molar-refractivity contribution >= 4 is 23.4 Å². The highest BCUT2D eigenvalue weighted by molar-refractivity contribution is 6.39. The molecular weight excluding hydrogens is 807 g/mol. The number of ketones is 2. The number of amides is 1. The zero-order chi connectivity index (χ0) is 46.2. The number of aliphatic hydroxyl groups excluding tert-OH is 2. The molecule has 1 saturated carbocycles. The van der Waals surface area contributed by atoms with E-state index in [-0.39, 0.29) is 60.0 Å². The van der Waals surface area contributed by atoms with Gasteiger partial charge in [-0.1, -0.05) is 64.2 Å². The van der Waals surface area contributed by atoms with Crippen molar-refractivity contribution in [2.75, 3.05) is 27.9 Å². The Hall–Kier alpha value is -3.04. The van der Waals surface area contributed by atoms with E-state index in [0.717, 1.165) is 18.4 Å². The van der Waals surface area contributed by atoms with Crippen LogP contribution in [0.5, 0.6) is 0 Å². The zero-order valence-corrected chi connectivity index (χ0v) is 39.3. The molecule has 0 spiro atoms. The van der Waals surface area contributed by atoms with Crippen molar-refractivity contribution in [3.8, 4) is 0 Å². The molecule has 0 radical (unpaired) electrons. The van der Waals surface area contributed by atoms with E-state index in [1.807, 2.05) is 64.2 Å². The molecule has 1 unspecified atom stereocenters. The van der Waals surface area contributed by atoms with Crippen LogP contribution in [-0.2, 0) is 42.9 Å². The number of fused-ring (bicyclic) bond motifs is 5. The van der Waals surface area contributed by atoms with Crippen LogP contribution in [0.15, 0.2) is 47.6 Å². The molecule has 3 N–H and O–H groups in total. The summed E-state index contributed by atoms with van der Waals surface area (Å²) in [6.45, 7) is 11.5. The number of rotatable bonds is 5. The van der Waals surface area contributed by atoms with Gasteiger partial charge in [-0.3, -0.25) is 14.4 Å². The fourth-order valence-corrected chi connectivity index (χ4v) is 11.0. The topological polar surface area (TPSA) is 178 Å². The largest absolute Gasteiger partial charge is 0.461 e. The Labute approximate surface area is 375 Å². The second-order valence-electron chi connectivity index (χ2n) is 19.7. The van der Waals surface area contributed by atoms with Crippen LogP contribution in [0, 0.1) is 41.4 Å². The predicted octanol–water partition coefficient (Wildman–Crippen LogP) is 6.22. The first kappa shape index (κ1) is 51.0. The van der Waals surface area contributed by atoms with Crippen molar-refractivity contribution in [3.63, 3.8) is 0 Å². The summed E-state index contributed by atoms with van der Waals surface area (Å²) in [6.07, 6.45) is 14.0. The monoisotopic (exact) mass is 884 g/mol. The van der Waals surface area contributed by atoms with Gasteiger partial charge in [-0.05, 0) is 125 Å². The lowest BCUT2D eigenvalue weighted by Crippen LogP contribution is -2.61. The average molecular weight is 884 g/mol. The first-order valence-electron chi connectivity index (χ1n) is 23.6. The van der Waals surface area contributed by atoms with Crippen LogP contribution in [0.3, 0.4) is 0 Å². The van der Waals surface area contributed by atoms with E-state index in [1.165, 1.54) is 12.0 Å². The van der Waals surface area contributed by atoms with Gasteiger partial charge < -0.3 is 43.9 Å². The van der Waals surface area contributed by atoms with Crippen LogP contribution < -0.4 is 0 Å². The van der Waals surface area contributed by atoms with Crippen molar-refractivity contribution in [2.45, 2.75) is 173 Å². The highest BCUT2D eigenvalue weighted by Crippen LogP contribution is 2.44. The zero-order valence-electron chi connectivity index (χ0n) is 39.3. The molecule has 1 amide bonds. The Morgan fingerprint density at radius 3 is 2.24 bits per heavy atom. The van der Waals surface area contributed by atoms with Crippen molar-refractivity contribution in [1.29, 1.82) is 0 Å². The molecule has 1 aliphatic carbocycles. The molecule has 0 aromatic carbocycles. The van der Waals surface area contributed by atoms with E-state index in [4.69, 9.17) is 23.7 Å². The SMILES string of the molecule is CO[C@H]1C[C@@H]2CC[C@@H](C)[C@@](O)(O2)C(=O)C(=O)N2CCC3C[C@H]2C(=O)O[C@@H](CC[C@H](C)/C=C(\C)[C@@H](O)[C@@H](OC)C(=O)[C@H](C)C[C@H](C)/C=C/C=C/C=C/1C)[C@H]3C[C@@H]1CC[C@@H](O)[C@H](OC)C1. The van der Waals surface area contributed by atoms with Gasteiger partial charge in [0.05, 0.1) is 24.4 Å². The maximum absolute atomic E-state index is 14.3. The Bertz CT molecular complexity index is 1710. The van der Waals surface area contributed by atoms with E-state index < -0.39 is 65.9 Å². The number of esters is 1. The fraction of sp³-hybridized carbons (Fsp3) is 0.760. The molecule has 4 aliphatic heterocycles. The molecule has 354 valence electrons. The van der Waals surface area contributed by atoms with Crippen molar-refractivity contribution in [1.82, 2.24) is 4.90 Å².